The first-order valence-corrected chi connectivity index (χ1v) is 57.7. The van der Waals surface area contributed by atoms with Crippen LogP contribution in [0.5, 0.6) is 0 Å². The van der Waals surface area contributed by atoms with E-state index < -0.39 is 0 Å². The molecule has 7 nitrogen and oxygen atoms in total. The number of hydrogen-bond donors (Lipinski definition) is 0. The van der Waals surface area contributed by atoms with Gasteiger partial charge >= 0.3 is 0 Å². The number of anilines is 18. The third-order valence-corrected chi connectivity index (χ3v) is 41.1. The van der Waals surface area contributed by atoms with Crippen molar-refractivity contribution < 1.29 is 4.42 Å². The minimum Gasteiger partial charge on any atom is -0.454 e. The van der Waals surface area contributed by atoms with Crippen LogP contribution < -0.4 is 60.8 Å². The first kappa shape index (κ1) is 96.7. The molecule has 26 rings (SSSR count). The van der Waals surface area contributed by atoms with Crippen LogP contribution >= 0.6 is 22.7 Å². The molecule has 11 heteroatoms. The first-order chi connectivity index (χ1) is 71.5. The van der Waals surface area contributed by atoms with Gasteiger partial charge in [0.1, 0.15) is 5.58 Å². The molecule has 5 aliphatic carbocycles. The van der Waals surface area contributed by atoms with Gasteiger partial charge in [-0.1, -0.05) is 331 Å². The number of para-hydroxylation sites is 3. The van der Waals surface area contributed by atoms with Crippen LogP contribution in [-0.4, -0.2) is 13.4 Å². The van der Waals surface area contributed by atoms with Crippen molar-refractivity contribution in [2.45, 2.75) is 303 Å². The maximum absolute atomic E-state index is 7.81. The van der Waals surface area contributed by atoms with Crippen LogP contribution in [0.2, 0.25) is 0 Å². The molecular weight excluding hydrogens is 1860 g/mol. The fourth-order valence-electron chi connectivity index (χ4n) is 28.6. The molecule has 1 unspecified atom stereocenters. The van der Waals surface area contributed by atoms with Gasteiger partial charge in [0.25, 0.3) is 13.4 Å². The van der Waals surface area contributed by atoms with Crippen molar-refractivity contribution in [2.24, 2.45) is 0 Å². The van der Waals surface area contributed by atoms with Gasteiger partial charge in [-0.05, 0) is 352 Å². The SMILES string of the molecule is CC(C)c1ccc(N2c3ccc(C(C)Cc4ccc5c(c4)oc4c(N(c6ccccc6)c6cc7c8c(c6)N(c6ccc9c(c6)C(C)(C)CCC9(C)C)c6c(sc9c6C(C)(C)CCC9(C)C)B8c6cc(C(C)C)ccc6N7c6ccc(C(C)C)cc6)cccc45)cc3B3c4sc5c(c4N(c4ccc6c(c4)C(C)(C)CCC6(C)C)c4cc(N(c6ccccc6)c6cccc7c6-c6ccccc6C7(C)C)cc2c43)C(C)(C)CCC5(C)C)cc1. The van der Waals surface area contributed by atoms with Crippen molar-refractivity contribution in [1.82, 2.24) is 0 Å². The summed E-state index contributed by atoms with van der Waals surface area (Å²) in [5.41, 5.74) is 48.7. The molecule has 0 amide bonds. The van der Waals surface area contributed by atoms with Crippen LogP contribution in [0.3, 0.4) is 0 Å². The van der Waals surface area contributed by atoms with Crippen molar-refractivity contribution in [3.05, 3.63) is 367 Å². The van der Waals surface area contributed by atoms with Gasteiger partial charge in [-0.3, -0.25) is 0 Å². The molecule has 3 aromatic heterocycles. The molecule has 0 saturated heterocycles. The number of furan rings is 1. The standard InChI is InChI=1S/C139H144B2N6OS2/c1-82(2)87-47-53-93(54-48-87)144-110-62-51-89(84(5)6)74-108(110)140-122-115(144)79-98(81-117(122)147(96-58-61-104-107(77-96)134(14,15)67-65-132(104,10)11)124-120-127(149-129(124)140)137(20,21)70-68-135(120,16)17)143(92-38-30-27-31-39-92)113-45-34-41-100-99-59-46-86(73-118(99)148-126(100)113)72-85(7)90-52-63-111-109(75-90)141-123-114(145(111)94-55-49-88(50-56-94)83(3)4)78-97(142(91-36-28-26-29-37-91)112-44-35-43-105-119(112)101-40-32-33-42-102(101)139(105,24)25)80-116(123)146(95-57-60-103-106(76-95)133(12,13)66-64-131(103,8)9)125-121-128(150-130(125)141)138(22,23)71-69-136(121,18)19/h26-63,73-85H,64-72H2,1-25H3. The Bertz CT molecular complexity index is 8440. The number of hydrogen-bond acceptors (Lipinski definition) is 9. The smallest absolute Gasteiger partial charge is 0.264 e. The molecule has 0 spiro atoms. The van der Waals surface area contributed by atoms with Crippen LogP contribution in [0.25, 0.3) is 33.1 Å². The van der Waals surface area contributed by atoms with E-state index in [4.69, 9.17) is 4.42 Å². The number of thiophene rings is 2. The summed E-state index contributed by atoms with van der Waals surface area (Å²) >= 11 is 4.26. The third kappa shape index (κ3) is 14.7. The Hall–Kier alpha value is -12.8. The highest BCUT2D eigenvalue weighted by atomic mass is 32.1. The van der Waals surface area contributed by atoms with Crippen molar-refractivity contribution >= 4 is 192 Å². The molecule has 9 aliphatic rings. The molecule has 0 fully saturated rings. The highest BCUT2D eigenvalue weighted by Crippen LogP contribution is 2.64. The average molecular weight is 2000 g/mol. The van der Waals surface area contributed by atoms with Gasteiger partial charge in [0.15, 0.2) is 5.58 Å². The van der Waals surface area contributed by atoms with Crippen molar-refractivity contribution in [1.29, 1.82) is 0 Å². The van der Waals surface area contributed by atoms with E-state index >= 15 is 0 Å². The normalized spacial score (nSPS) is 18.3. The van der Waals surface area contributed by atoms with Crippen LogP contribution in [0.1, 0.15) is 330 Å². The topological polar surface area (TPSA) is 32.6 Å². The van der Waals surface area contributed by atoms with E-state index in [1.807, 2.05) is 0 Å². The third-order valence-electron chi connectivity index (χ3n) is 37.9. The summed E-state index contributed by atoms with van der Waals surface area (Å²) in [7, 11) is 0. The molecule has 14 aromatic carbocycles. The lowest BCUT2D eigenvalue weighted by Gasteiger charge is -2.47. The Morgan fingerprint density at radius 1 is 0.307 bits per heavy atom. The molecule has 150 heavy (non-hydrogen) atoms. The summed E-state index contributed by atoms with van der Waals surface area (Å²) in [6.45, 7) is 61.6. The van der Waals surface area contributed by atoms with Gasteiger partial charge < -0.3 is 33.8 Å². The van der Waals surface area contributed by atoms with E-state index in [0.717, 1.165) is 120 Å². The highest BCUT2D eigenvalue weighted by Gasteiger charge is 2.56. The maximum Gasteiger partial charge on any atom is 0.264 e. The van der Waals surface area contributed by atoms with Gasteiger partial charge in [-0.15, -0.1) is 0 Å². The van der Waals surface area contributed by atoms with E-state index in [9.17, 15) is 0 Å². The van der Waals surface area contributed by atoms with E-state index in [1.54, 1.807) is 0 Å². The quantitative estimate of drug-likeness (QED) is 0.0892. The second kappa shape index (κ2) is 33.9. The molecule has 0 bridgehead atoms. The zero-order valence-electron chi connectivity index (χ0n) is 92.9. The predicted molar refractivity (Wildman–Crippen MR) is 646 cm³/mol. The summed E-state index contributed by atoms with van der Waals surface area (Å²) < 4.78 is 10.7. The van der Waals surface area contributed by atoms with E-state index in [-0.39, 0.29) is 68.1 Å². The molecule has 17 aromatic rings. The zero-order valence-corrected chi connectivity index (χ0v) is 94.5. The number of fused-ring (bicyclic) bond motifs is 20. The summed E-state index contributed by atoms with van der Waals surface area (Å²) in [4.78, 5) is 19.2. The van der Waals surface area contributed by atoms with Crippen molar-refractivity contribution in [3.8, 4) is 11.1 Å². The minimum absolute atomic E-state index is 0.0221. The Balaban J connectivity index is 0.657. The fraction of sp³-hybridized carbons (Fsp3) is 0.338. The van der Waals surface area contributed by atoms with Crippen molar-refractivity contribution in [3.63, 3.8) is 0 Å². The minimum atomic E-state index is -0.221. The molecule has 4 aliphatic heterocycles. The fourth-order valence-corrected chi connectivity index (χ4v) is 32.0. The molecule has 7 heterocycles. The van der Waals surface area contributed by atoms with Gasteiger partial charge in [0.05, 0.1) is 34.1 Å². The van der Waals surface area contributed by atoms with Gasteiger partial charge in [0.2, 0.25) is 0 Å². The van der Waals surface area contributed by atoms with Crippen LogP contribution in [0, 0.1) is 0 Å². The van der Waals surface area contributed by atoms with Crippen LogP contribution in [0.4, 0.5) is 102 Å². The zero-order chi connectivity index (χ0) is 104. The Morgan fingerprint density at radius 2 is 0.707 bits per heavy atom. The Morgan fingerprint density at radius 3 is 1.19 bits per heavy atom. The highest BCUT2D eigenvalue weighted by molar-refractivity contribution is 7.30. The van der Waals surface area contributed by atoms with E-state index in [0.29, 0.717) is 17.8 Å². The monoisotopic (exact) mass is 2000 g/mol. The maximum atomic E-state index is 7.81. The largest absolute Gasteiger partial charge is 0.454 e. The second-order valence-corrected chi connectivity index (χ2v) is 54.9. The first-order valence-electron chi connectivity index (χ1n) is 56.0. The lowest BCUT2D eigenvalue weighted by molar-refractivity contribution is 0.332. The molecule has 0 radical (unpaired) electrons. The Kier molecular flexibility index (Phi) is 21.8. The lowest BCUT2D eigenvalue weighted by Crippen LogP contribution is -2.60. The van der Waals surface area contributed by atoms with Crippen LogP contribution in [-0.2, 0) is 55.2 Å². The number of benzene rings is 14. The lowest BCUT2D eigenvalue weighted by atomic mass is 9.35. The van der Waals surface area contributed by atoms with Gasteiger partial charge in [-0.2, -0.15) is 22.7 Å². The summed E-state index contributed by atoms with van der Waals surface area (Å²) in [5.74, 6) is 1.14. The van der Waals surface area contributed by atoms with Crippen LogP contribution in [0.15, 0.2) is 290 Å². The molecule has 1 atom stereocenters. The van der Waals surface area contributed by atoms with Crippen molar-refractivity contribution in [2.75, 3.05) is 29.4 Å². The molecular formula is C139H144B2N6OS2. The summed E-state index contributed by atoms with van der Waals surface area (Å²) in [5, 5.41) is 2.20. The Labute approximate surface area is 900 Å². The summed E-state index contributed by atoms with van der Waals surface area (Å²) in [6, 6.07) is 113. The molecule has 0 saturated carbocycles. The van der Waals surface area contributed by atoms with Gasteiger partial charge in [0, 0.05) is 109 Å². The van der Waals surface area contributed by atoms with E-state index in [1.165, 1.54) is 187 Å². The summed E-state index contributed by atoms with van der Waals surface area (Å²) in [6.07, 6.45) is 9.78. The van der Waals surface area contributed by atoms with E-state index in [2.05, 4.69) is 510 Å². The number of rotatable bonds is 16. The average Bonchev–Trinajstić information content (AvgIpc) is 1.43. The molecule has 0 N–H and O–H groups in total. The number of nitrogens with zero attached hydrogens (tertiary/aromatic N) is 6. The second-order valence-electron chi connectivity index (χ2n) is 52.8. The predicted octanol–water partition coefficient (Wildman–Crippen LogP) is 36.2. The van der Waals surface area contributed by atoms with Gasteiger partial charge in [-0.25, -0.2) is 0 Å². The molecule has 754 valence electrons.